The first-order valence-electron chi connectivity index (χ1n) is 4.54. The van der Waals surface area contributed by atoms with Gasteiger partial charge in [0, 0.05) is 5.69 Å². The van der Waals surface area contributed by atoms with Crippen LogP contribution in [0.25, 0.3) is 0 Å². The van der Waals surface area contributed by atoms with E-state index >= 15 is 0 Å². The molecule has 78 valence electrons. The first-order valence-corrected chi connectivity index (χ1v) is 4.54. The number of carbonyl (C=O) groups is 1. The van der Waals surface area contributed by atoms with Crippen LogP contribution in [0.5, 0.6) is 0 Å². The minimum absolute atomic E-state index is 0.570. The van der Waals surface area contributed by atoms with Crippen LogP contribution in [-0.4, -0.2) is 17.1 Å². The molecule has 4 nitrogen and oxygen atoms in total. The zero-order chi connectivity index (χ0) is 11.4. The Balaban J connectivity index is 2.88. The van der Waals surface area contributed by atoms with Gasteiger partial charge in [0.1, 0.15) is 6.04 Å². The summed E-state index contributed by atoms with van der Waals surface area (Å²) in [6.45, 7) is 3.40. The van der Waals surface area contributed by atoms with Crippen molar-refractivity contribution in [2.45, 2.75) is 19.9 Å². The number of carboxylic acids is 1. The summed E-state index contributed by atoms with van der Waals surface area (Å²) in [7, 11) is 0. The highest BCUT2D eigenvalue weighted by atomic mass is 16.4. The number of nitrogens with one attached hydrogen (secondary N) is 1. The van der Waals surface area contributed by atoms with E-state index in [-0.39, 0.29) is 0 Å². The highest BCUT2D eigenvalue weighted by Gasteiger charge is 2.11. The number of carboxylic acid groups (broad SMARTS) is 1. The highest BCUT2D eigenvalue weighted by Crippen LogP contribution is 2.16. The molecule has 0 bridgehead atoms. The molecule has 0 aliphatic heterocycles. The first kappa shape index (κ1) is 11.1. The number of anilines is 1. The number of benzene rings is 1. The Morgan fingerprint density at radius 2 is 2.27 bits per heavy atom. The van der Waals surface area contributed by atoms with E-state index in [1.165, 1.54) is 0 Å². The van der Waals surface area contributed by atoms with Crippen LogP contribution in [0.4, 0.5) is 5.69 Å². The van der Waals surface area contributed by atoms with Gasteiger partial charge in [0.2, 0.25) is 0 Å². The smallest absolute Gasteiger partial charge is 0.325 e. The van der Waals surface area contributed by atoms with Gasteiger partial charge in [-0.2, -0.15) is 5.26 Å². The fraction of sp³-hybridized carbons (Fsp3) is 0.273. The fourth-order valence-corrected chi connectivity index (χ4v) is 1.19. The second-order valence-corrected chi connectivity index (χ2v) is 3.35. The molecule has 0 fully saturated rings. The molecule has 0 spiro atoms. The van der Waals surface area contributed by atoms with Crippen LogP contribution in [0.3, 0.4) is 0 Å². The van der Waals surface area contributed by atoms with Gasteiger partial charge in [-0.25, -0.2) is 0 Å². The molecule has 1 aromatic carbocycles. The number of aryl methyl sites for hydroxylation is 1. The zero-order valence-corrected chi connectivity index (χ0v) is 8.61. The molecule has 2 N–H and O–H groups in total. The molecule has 1 unspecified atom stereocenters. The van der Waals surface area contributed by atoms with E-state index in [0.717, 1.165) is 11.3 Å². The Morgan fingerprint density at radius 1 is 1.60 bits per heavy atom. The van der Waals surface area contributed by atoms with Crippen molar-refractivity contribution < 1.29 is 9.90 Å². The fourth-order valence-electron chi connectivity index (χ4n) is 1.19. The van der Waals surface area contributed by atoms with Crippen LogP contribution in [0.2, 0.25) is 0 Å². The van der Waals surface area contributed by atoms with Gasteiger partial charge < -0.3 is 10.4 Å². The van der Waals surface area contributed by atoms with Crippen molar-refractivity contribution in [1.82, 2.24) is 0 Å². The average Bonchev–Trinajstić information content (AvgIpc) is 2.20. The summed E-state index contributed by atoms with van der Waals surface area (Å²) in [4.78, 5) is 10.6. The van der Waals surface area contributed by atoms with E-state index in [1.807, 2.05) is 13.0 Å². The van der Waals surface area contributed by atoms with Crippen LogP contribution >= 0.6 is 0 Å². The third-order valence-electron chi connectivity index (χ3n) is 2.10. The van der Waals surface area contributed by atoms with Crippen LogP contribution in [-0.2, 0) is 4.79 Å². The maximum Gasteiger partial charge on any atom is 0.325 e. The topological polar surface area (TPSA) is 73.1 Å². The van der Waals surface area contributed by atoms with E-state index in [0.29, 0.717) is 5.56 Å². The average molecular weight is 204 g/mol. The van der Waals surface area contributed by atoms with Gasteiger partial charge in [0.15, 0.2) is 0 Å². The highest BCUT2D eigenvalue weighted by molar-refractivity contribution is 5.77. The Bertz CT molecular complexity index is 421. The van der Waals surface area contributed by atoms with Gasteiger partial charge >= 0.3 is 5.97 Å². The van der Waals surface area contributed by atoms with Crippen LogP contribution in [0.1, 0.15) is 18.1 Å². The Labute approximate surface area is 88.2 Å². The van der Waals surface area contributed by atoms with Gasteiger partial charge in [0.05, 0.1) is 11.6 Å². The number of aliphatic carboxylic acids is 1. The largest absolute Gasteiger partial charge is 0.480 e. The molecule has 0 saturated carbocycles. The lowest BCUT2D eigenvalue weighted by atomic mass is 10.1. The summed E-state index contributed by atoms with van der Waals surface area (Å²) >= 11 is 0. The number of nitrogens with zero attached hydrogens (tertiary/aromatic N) is 1. The Hall–Kier alpha value is -2.02. The van der Waals surface area contributed by atoms with Crippen molar-refractivity contribution in [2.24, 2.45) is 0 Å². The molecular weight excluding hydrogens is 192 g/mol. The Kier molecular flexibility index (Phi) is 3.29. The van der Waals surface area contributed by atoms with E-state index in [1.54, 1.807) is 25.1 Å². The molecular formula is C11H12N2O2. The lowest BCUT2D eigenvalue weighted by Crippen LogP contribution is -2.25. The van der Waals surface area contributed by atoms with Crippen molar-refractivity contribution in [3.8, 4) is 6.07 Å². The third kappa shape index (κ3) is 2.71. The lowest BCUT2D eigenvalue weighted by molar-refractivity contribution is -0.137. The summed E-state index contributed by atoms with van der Waals surface area (Å²) in [5.74, 6) is -0.904. The van der Waals surface area contributed by atoms with Gasteiger partial charge in [-0.3, -0.25) is 4.79 Å². The normalized spacial score (nSPS) is 11.5. The quantitative estimate of drug-likeness (QED) is 0.786. The number of hydrogen-bond acceptors (Lipinski definition) is 3. The van der Waals surface area contributed by atoms with Crippen molar-refractivity contribution in [1.29, 1.82) is 5.26 Å². The maximum atomic E-state index is 10.6. The minimum atomic E-state index is -0.904. The second kappa shape index (κ2) is 4.47. The van der Waals surface area contributed by atoms with Gasteiger partial charge in [-0.1, -0.05) is 0 Å². The summed E-state index contributed by atoms with van der Waals surface area (Å²) in [5.41, 5.74) is 2.17. The molecule has 0 aromatic heterocycles. The van der Waals surface area contributed by atoms with Crippen molar-refractivity contribution in [3.05, 3.63) is 29.3 Å². The zero-order valence-electron chi connectivity index (χ0n) is 8.61. The number of hydrogen-bond donors (Lipinski definition) is 2. The van der Waals surface area contributed by atoms with E-state index in [9.17, 15) is 4.79 Å². The predicted molar refractivity (Wildman–Crippen MR) is 56.6 cm³/mol. The second-order valence-electron chi connectivity index (χ2n) is 3.35. The number of nitriles is 1. The summed E-state index contributed by atoms with van der Waals surface area (Å²) in [5, 5.41) is 20.2. The molecule has 1 atom stereocenters. The molecule has 0 heterocycles. The molecule has 1 aromatic rings. The lowest BCUT2D eigenvalue weighted by Gasteiger charge is -2.13. The third-order valence-corrected chi connectivity index (χ3v) is 2.10. The summed E-state index contributed by atoms with van der Waals surface area (Å²) in [6, 6.07) is 6.48. The molecule has 0 aliphatic rings. The van der Waals surface area contributed by atoms with Gasteiger partial charge in [-0.05, 0) is 37.6 Å². The Morgan fingerprint density at radius 3 is 2.73 bits per heavy atom. The molecule has 0 amide bonds. The molecule has 0 aliphatic carbocycles. The van der Waals surface area contributed by atoms with E-state index in [2.05, 4.69) is 5.32 Å². The SMILES string of the molecule is Cc1cc(C#N)ccc1NC(C)C(=O)O. The first-order chi connectivity index (χ1) is 7.04. The van der Waals surface area contributed by atoms with Crippen molar-refractivity contribution in [3.63, 3.8) is 0 Å². The summed E-state index contributed by atoms with van der Waals surface area (Å²) < 4.78 is 0. The standard InChI is InChI=1S/C11H12N2O2/c1-7-5-9(6-12)3-4-10(7)13-8(2)11(14)15/h3-5,8,13H,1-2H3,(H,14,15). The van der Waals surface area contributed by atoms with E-state index in [4.69, 9.17) is 10.4 Å². The summed E-state index contributed by atoms with van der Waals surface area (Å²) in [6.07, 6.45) is 0. The van der Waals surface area contributed by atoms with Gasteiger partial charge in [-0.15, -0.1) is 0 Å². The molecule has 1 rings (SSSR count). The molecule has 4 heteroatoms. The molecule has 15 heavy (non-hydrogen) atoms. The monoisotopic (exact) mass is 204 g/mol. The van der Waals surface area contributed by atoms with Gasteiger partial charge in [0.25, 0.3) is 0 Å². The number of rotatable bonds is 3. The minimum Gasteiger partial charge on any atom is -0.480 e. The predicted octanol–water partition coefficient (Wildman–Crippen LogP) is 1.75. The van der Waals surface area contributed by atoms with Crippen molar-refractivity contribution in [2.75, 3.05) is 5.32 Å². The molecule has 0 radical (unpaired) electrons. The van der Waals surface area contributed by atoms with Crippen LogP contribution < -0.4 is 5.32 Å². The van der Waals surface area contributed by atoms with Crippen molar-refractivity contribution >= 4 is 11.7 Å². The van der Waals surface area contributed by atoms with Crippen LogP contribution in [0.15, 0.2) is 18.2 Å². The maximum absolute atomic E-state index is 10.6. The van der Waals surface area contributed by atoms with E-state index < -0.39 is 12.0 Å². The molecule has 0 saturated heterocycles. The van der Waals surface area contributed by atoms with Crippen LogP contribution in [0, 0.1) is 18.3 Å².